The van der Waals surface area contributed by atoms with Crippen molar-refractivity contribution in [3.05, 3.63) is 33.9 Å². The predicted molar refractivity (Wildman–Crippen MR) is 97.2 cm³/mol. The monoisotopic (exact) mass is 411 g/mol. The van der Waals surface area contributed by atoms with Crippen molar-refractivity contribution in [2.75, 3.05) is 23.7 Å². The predicted octanol–water partition coefficient (Wildman–Crippen LogP) is 2.69. The summed E-state index contributed by atoms with van der Waals surface area (Å²) in [5.41, 5.74) is 2.14. The molecule has 0 unspecified atom stereocenters. The highest BCUT2D eigenvalue weighted by atomic mass is 79.9. The highest BCUT2D eigenvalue weighted by Gasteiger charge is 2.20. The molecule has 128 valence electrons. The summed E-state index contributed by atoms with van der Waals surface area (Å²) in [4.78, 5) is 8.97. The van der Waals surface area contributed by atoms with Gasteiger partial charge in [-0.3, -0.25) is 0 Å². The molecule has 2 heterocycles. The Hall–Kier alpha value is -1.71. The van der Waals surface area contributed by atoms with Crippen LogP contribution >= 0.6 is 15.9 Å². The average molecular weight is 412 g/mol. The summed E-state index contributed by atoms with van der Waals surface area (Å²) in [5.74, 6) is 1.07. The van der Waals surface area contributed by atoms with E-state index in [-0.39, 0.29) is 4.90 Å². The maximum absolute atomic E-state index is 12.6. The Morgan fingerprint density at radius 1 is 1.21 bits per heavy atom. The zero-order valence-corrected chi connectivity index (χ0v) is 15.8. The van der Waals surface area contributed by atoms with Gasteiger partial charge in [-0.1, -0.05) is 0 Å². The first-order chi connectivity index (χ1) is 11.4. The third kappa shape index (κ3) is 3.52. The van der Waals surface area contributed by atoms with Gasteiger partial charge in [0.15, 0.2) is 0 Å². The van der Waals surface area contributed by atoms with Crippen LogP contribution in [0.1, 0.15) is 17.5 Å². The minimum absolute atomic E-state index is 0.273. The molecule has 0 aliphatic carbocycles. The van der Waals surface area contributed by atoms with Gasteiger partial charge in [-0.05, 0) is 59.5 Å². The van der Waals surface area contributed by atoms with E-state index in [9.17, 15) is 8.42 Å². The largest absolute Gasteiger partial charge is 0.369 e. The number of hydrogen-bond donors (Lipinski definition) is 3. The smallest absolute Gasteiger partial charge is 0.240 e. The lowest BCUT2D eigenvalue weighted by molar-refractivity contribution is 0.579. The SMILES string of the molecule is Cc1cc2c(C)c(c1)S(=O)(=O)NCCCNc1nc(ncc1Br)N2. The Labute approximate surface area is 149 Å². The lowest BCUT2D eigenvalue weighted by Crippen LogP contribution is -2.27. The molecule has 0 fully saturated rings. The van der Waals surface area contributed by atoms with E-state index in [0.29, 0.717) is 42.5 Å². The van der Waals surface area contributed by atoms with Crippen LogP contribution in [0.5, 0.6) is 0 Å². The molecule has 1 aliphatic rings. The Balaban J connectivity index is 2.14. The van der Waals surface area contributed by atoms with E-state index in [0.717, 1.165) is 10.0 Å². The van der Waals surface area contributed by atoms with Crippen molar-refractivity contribution in [2.45, 2.75) is 25.2 Å². The number of benzene rings is 1. The fourth-order valence-electron chi connectivity index (χ4n) is 2.49. The molecule has 9 heteroatoms. The van der Waals surface area contributed by atoms with E-state index in [1.54, 1.807) is 19.2 Å². The molecular formula is C15H18BrN5O2S. The lowest BCUT2D eigenvalue weighted by Gasteiger charge is -2.15. The molecule has 4 bridgehead atoms. The van der Waals surface area contributed by atoms with Gasteiger partial charge in [0, 0.05) is 25.0 Å². The minimum atomic E-state index is -3.56. The van der Waals surface area contributed by atoms with Gasteiger partial charge in [0.05, 0.1) is 9.37 Å². The molecule has 0 saturated heterocycles. The van der Waals surface area contributed by atoms with Crippen LogP contribution in [-0.4, -0.2) is 31.5 Å². The van der Waals surface area contributed by atoms with Crippen LogP contribution in [0, 0.1) is 13.8 Å². The number of nitrogens with zero attached hydrogens (tertiary/aromatic N) is 2. The van der Waals surface area contributed by atoms with Gasteiger partial charge in [0.2, 0.25) is 16.0 Å². The van der Waals surface area contributed by atoms with Gasteiger partial charge in [0.1, 0.15) is 5.82 Å². The Morgan fingerprint density at radius 3 is 2.79 bits per heavy atom. The number of aromatic nitrogens is 2. The van der Waals surface area contributed by atoms with Gasteiger partial charge >= 0.3 is 0 Å². The zero-order valence-electron chi connectivity index (χ0n) is 13.4. The topological polar surface area (TPSA) is 96.0 Å². The number of anilines is 3. The third-order valence-electron chi connectivity index (χ3n) is 3.72. The molecule has 0 atom stereocenters. The fourth-order valence-corrected chi connectivity index (χ4v) is 4.24. The maximum Gasteiger partial charge on any atom is 0.240 e. The number of hydrogen-bond acceptors (Lipinski definition) is 6. The molecular weight excluding hydrogens is 394 g/mol. The van der Waals surface area contributed by atoms with Gasteiger partial charge < -0.3 is 10.6 Å². The van der Waals surface area contributed by atoms with Crippen LogP contribution in [0.15, 0.2) is 27.7 Å². The highest BCUT2D eigenvalue weighted by Crippen LogP contribution is 2.28. The quantitative estimate of drug-likeness (QED) is 0.616. The fraction of sp³-hybridized carbons (Fsp3) is 0.333. The molecule has 0 radical (unpaired) electrons. The molecule has 7 nitrogen and oxygen atoms in total. The van der Waals surface area contributed by atoms with Crippen LogP contribution < -0.4 is 15.4 Å². The standard InChI is InChI=1S/C15H18BrN5O2S/c1-9-6-12-10(2)13(7-9)24(22,23)19-5-3-4-17-14-11(16)8-18-15(20-12)21-14/h6-8,19H,3-5H2,1-2H3,(H2,17,18,20,21). The molecule has 1 aromatic carbocycles. The minimum Gasteiger partial charge on any atom is -0.369 e. The van der Waals surface area contributed by atoms with E-state index >= 15 is 0 Å². The molecule has 1 aliphatic heterocycles. The summed E-state index contributed by atoms with van der Waals surface area (Å²) in [7, 11) is -3.56. The average Bonchev–Trinajstić information content (AvgIpc) is 2.52. The number of halogens is 1. The normalized spacial score (nSPS) is 16.8. The first-order valence-corrected chi connectivity index (χ1v) is 9.79. The van der Waals surface area contributed by atoms with E-state index in [2.05, 4.69) is 41.3 Å². The second-order valence-corrected chi connectivity index (χ2v) is 8.22. The third-order valence-corrected chi connectivity index (χ3v) is 5.89. The van der Waals surface area contributed by atoms with Crippen LogP contribution in [0.4, 0.5) is 17.5 Å². The first-order valence-electron chi connectivity index (χ1n) is 7.51. The van der Waals surface area contributed by atoms with Crippen molar-refractivity contribution in [3.8, 4) is 0 Å². The van der Waals surface area contributed by atoms with Gasteiger partial charge in [0.25, 0.3) is 0 Å². The lowest BCUT2D eigenvalue weighted by atomic mass is 10.1. The summed E-state index contributed by atoms with van der Waals surface area (Å²) in [6, 6.07) is 3.56. The van der Waals surface area contributed by atoms with Crippen molar-refractivity contribution >= 4 is 43.4 Å². The number of nitrogens with one attached hydrogen (secondary N) is 3. The van der Waals surface area contributed by atoms with Crippen LogP contribution in [0.2, 0.25) is 0 Å². The van der Waals surface area contributed by atoms with Gasteiger partial charge in [-0.25, -0.2) is 18.1 Å². The molecule has 2 aromatic rings. The first kappa shape index (κ1) is 17.1. The molecule has 0 amide bonds. The van der Waals surface area contributed by atoms with Gasteiger partial charge in [-0.15, -0.1) is 0 Å². The zero-order chi connectivity index (χ0) is 17.3. The maximum atomic E-state index is 12.6. The van der Waals surface area contributed by atoms with Crippen LogP contribution in [-0.2, 0) is 10.0 Å². The summed E-state index contributed by atoms with van der Waals surface area (Å²) in [5, 5.41) is 6.30. The van der Waals surface area contributed by atoms with E-state index < -0.39 is 10.0 Å². The summed E-state index contributed by atoms with van der Waals surface area (Å²) < 4.78 is 28.6. The molecule has 1 aromatic heterocycles. The van der Waals surface area contributed by atoms with E-state index in [1.807, 2.05) is 13.0 Å². The number of fused-ring (bicyclic) bond motifs is 4. The number of sulfonamides is 1. The molecule has 3 rings (SSSR count). The van der Waals surface area contributed by atoms with Crippen molar-refractivity contribution in [2.24, 2.45) is 0 Å². The van der Waals surface area contributed by atoms with Crippen molar-refractivity contribution in [1.82, 2.24) is 14.7 Å². The molecule has 3 N–H and O–H groups in total. The highest BCUT2D eigenvalue weighted by molar-refractivity contribution is 9.10. The number of aryl methyl sites for hydroxylation is 1. The molecule has 0 spiro atoms. The number of rotatable bonds is 0. The Kier molecular flexibility index (Phi) is 4.75. The van der Waals surface area contributed by atoms with Crippen molar-refractivity contribution in [3.63, 3.8) is 0 Å². The van der Waals surface area contributed by atoms with Crippen LogP contribution in [0.25, 0.3) is 0 Å². The van der Waals surface area contributed by atoms with Gasteiger partial charge in [-0.2, -0.15) is 4.98 Å². The van der Waals surface area contributed by atoms with Crippen molar-refractivity contribution < 1.29 is 8.42 Å². The second-order valence-electron chi connectivity index (χ2n) is 5.63. The van der Waals surface area contributed by atoms with E-state index in [4.69, 9.17) is 0 Å². The summed E-state index contributed by atoms with van der Waals surface area (Å²) >= 11 is 3.41. The Morgan fingerprint density at radius 2 is 2.00 bits per heavy atom. The Bertz CT molecular complexity index is 886. The molecule has 24 heavy (non-hydrogen) atoms. The summed E-state index contributed by atoms with van der Waals surface area (Å²) in [6.07, 6.45) is 2.30. The van der Waals surface area contributed by atoms with Crippen LogP contribution in [0.3, 0.4) is 0 Å². The molecule has 0 saturated carbocycles. The van der Waals surface area contributed by atoms with E-state index in [1.165, 1.54) is 0 Å². The second kappa shape index (κ2) is 6.66. The summed E-state index contributed by atoms with van der Waals surface area (Å²) in [6.45, 7) is 4.57. The van der Waals surface area contributed by atoms with Crippen molar-refractivity contribution in [1.29, 1.82) is 0 Å².